The maximum absolute atomic E-state index is 12.9. The molecular weight excluding hydrogens is 550 g/mol. The normalized spacial score (nSPS) is 11.1. The van der Waals surface area contributed by atoms with Gasteiger partial charge in [0.15, 0.2) is 5.82 Å². The molecular formula is C28H27N5O7S. The first-order valence-electron chi connectivity index (χ1n) is 12.2. The van der Waals surface area contributed by atoms with E-state index in [1.165, 1.54) is 19.4 Å². The number of ether oxygens (including phenoxy) is 4. The zero-order chi connectivity index (χ0) is 29.1. The van der Waals surface area contributed by atoms with Gasteiger partial charge in [0.2, 0.25) is 5.75 Å². The Balaban J connectivity index is 1.53. The molecule has 12 nitrogen and oxygen atoms in total. The molecule has 4 rings (SSSR count). The molecule has 0 aliphatic heterocycles. The third-order valence-electron chi connectivity index (χ3n) is 5.31. The van der Waals surface area contributed by atoms with Gasteiger partial charge in [0.25, 0.3) is 15.9 Å². The first-order chi connectivity index (χ1) is 19.8. The minimum Gasteiger partial charge on any atom is -0.497 e. The van der Waals surface area contributed by atoms with Crippen molar-refractivity contribution in [3.63, 3.8) is 0 Å². The molecule has 2 N–H and O–H groups in total. The Kier molecular flexibility index (Phi) is 9.67. The number of hydrogen-bond acceptors (Lipinski definition) is 10. The number of anilines is 2. The number of nitrogens with one attached hydrogen (secondary N) is 2. The number of methoxy groups -OCH3 is 1. The highest BCUT2D eigenvalue weighted by Gasteiger charge is 2.21. The van der Waals surface area contributed by atoms with Crippen LogP contribution in [0.25, 0.3) is 6.08 Å². The number of aromatic nitrogens is 3. The molecule has 0 unspecified atom stereocenters. The van der Waals surface area contributed by atoms with Crippen molar-refractivity contribution in [2.45, 2.75) is 6.92 Å². The van der Waals surface area contributed by atoms with Gasteiger partial charge in [-0.2, -0.15) is 4.98 Å². The zero-order valence-electron chi connectivity index (χ0n) is 22.2. The zero-order valence-corrected chi connectivity index (χ0v) is 23.0. The monoisotopic (exact) mass is 577 g/mol. The summed E-state index contributed by atoms with van der Waals surface area (Å²) in [6.45, 7) is 1.53. The van der Waals surface area contributed by atoms with Crippen molar-refractivity contribution in [2.75, 3.05) is 30.4 Å². The van der Waals surface area contributed by atoms with Crippen LogP contribution in [0.1, 0.15) is 11.1 Å². The first-order valence-corrected chi connectivity index (χ1v) is 13.8. The van der Waals surface area contributed by atoms with Crippen LogP contribution in [0.15, 0.2) is 84.7 Å². The molecule has 41 heavy (non-hydrogen) atoms. The van der Waals surface area contributed by atoms with Gasteiger partial charge in [-0.3, -0.25) is 10.0 Å². The summed E-state index contributed by atoms with van der Waals surface area (Å²) >= 11 is 0. The van der Waals surface area contributed by atoms with Crippen LogP contribution in [-0.2, 0) is 14.8 Å². The lowest BCUT2D eigenvalue weighted by Gasteiger charge is -2.16. The predicted molar refractivity (Wildman–Crippen MR) is 153 cm³/mol. The summed E-state index contributed by atoms with van der Waals surface area (Å²) in [4.78, 5) is 24.2. The molecule has 4 aromatic rings. The van der Waals surface area contributed by atoms with Crippen molar-refractivity contribution in [2.24, 2.45) is 0 Å². The second kappa shape index (κ2) is 13.8. The van der Waals surface area contributed by atoms with E-state index >= 15 is 0 Å². The number of hydrogen-bond donors (Lipinski definition) is 2. The topological polar surface area (TPSA) is 151 Å². The highest BCUT2D eigenvalue weighted by molar-refractivity contribution is 7.95. The average Bonchev–Trinajstić information content (AvgIpc) is 2.97. The van der Waals surface area contributed by atoms with Crippen molar-refractivity contribution in [3.05, 3.63) is 95.8 Å². The largest absolute Gasteiger partial charge is 0.497 e. The van der Waals surface area contributed by atoms with Gasteiger partial charge in [0.05, 0.1) is 12.5 Å². The Morgan fingerprint density at radius 3 is 2.54 bits per heavy atom. The van der Waals surface area contributed by atoms with Crippen LogP contribution in [0.3, 0.4) is 0 Å². The van der Waals surface area contributed by atoms with Gasteiger partial charge in [-0.15, -0.1) is 0 Å². The number of pyridine rings is 1. The minimum absolute atomic E-state index is 0.0827. The van der Waals surface area contributed by atoms with E-state index in [-0.39, 0.29) is 30.7 Å². The molecule has 0 aliphatic rings. The van der Waals surface area contributed by atoms with E-state index in [1.807, 2.05) is 6.07 Å². The van der Waals surface area contributed by atoms with Gasteiger partial charge >= 0.3 is 6.09 Å². The quantitative estimate of drug-likeness (QED) is 0.220. The Morgan fingerprint density at radius 2 is 1.78 bits per heavy atom. The fourth-order valence-electron chi connectivity index (χ4n) is 3.30. The number of carbonyl (C=O) groups excluding carboxylic acids is 1. The molecule has 1 amide bonds. The standard InChI is InChI=1S/C28H27N5O7S/c1-20-11-12-22(37-2)18-23(20)40-25-26(33-41(35,36)17-13-21-8-4-3-5-9-21)30-19-31-27(25)38-15-16-39-28(34)32-24-10-6-7-14-29-24/h3-14,17-19H,15-16H2,1-2H3,(H,29,32,34)(H,30,31,33)/b17-13+. The lowest BCUT2D eigenvalue weighted by atomic mass is 10.2. The smallest absolute Gasteiger partial charge is 0.412 e. The third-order valence-corrected chi connectivity index (χ3v) is 6.28. The predicted octanol–water partition coefficient (Wildman–Crippen LogP) is 5.02. The van der Waals surface area contributed by atoms with Gasteiger partial charge in [-0.25, -0.2) is 23.2 Å². The second-order valence-corrected chi connectivity index (χ2v) is 9.84. The van der Waals surface area contributed by atoms with E-state index in [0.717, 1.165) is 17.3 Å². The molecule has 0 aliphatic carbocycles. The molecule has 0 saturated heterocycles. The number of nitrogens with zero attached hydrogens (tertiary/aromatic N) is 3. The summed E-state index contributed by atoms with van der Waals surface area (Å²) in [6.07, 6.45) is 3.37. The van der Waals surface area contributed by atoms with Crippen molar-refractivity contribution in [1.82, 2.24) is 15.0 Å². The Labute approximate surface area is 237 Å². The molecule has 0 saturated carbocycles. The lowest BCUT2D eigenvalue weighted by Crippen LogP contribution is -2.18. The van der Waals surface area contributed by atoms with Crippen LogP contribution in [0, 0.1) is 6.92 Å². The molecule has 0 spiro atoms. The van der Waals surface area contributed by atoms with Crippen molar-refractivity contribution >= 4 is 33.8 Å². The van der Waals surface area contributed by atoms with Crippen molar-refractivity contribution < 1.29 is 32.2 Å². The van der Waals surface area contributed by atoms with Crippen LogP contribution >= 0.6 is 0 Å². The van der Waals surface area contributed by atoms with Gasteiger partial charge in [-0.1, -0.05) is 42.5 Å². The number of amides is 1. The molecule has 13 heteroatoms. The molecule has 0 radical (unpaired) electrons. The fraction of sp³-hybridized carbons (Fsp3) is 0.143. The molecule has 0 atom stereocenters. The van der Waals surface area contributed by atoms with Gasteiger partial charge < -0.3 is 18.9 Å². The van der Waals surface area contributed by atoms with E-state index in [1.54, 1.807) is 67.6 Å². The van der Waals surface area contributed by atoms with Crippen molar-refractivity contribution in [1.29, 1.82) is 0 Å². The maximum Gasteiger partial charge on any atom is 0.412 e. The summed E-state index contributed by atoms with van der Waals surface area (Å²) in [5.74, 6) is 0.861. The number of aryl methyl sites for hydroxylation is 1. The fourth-order valence-corrected chi connectivity index (χ4v) is 4.12. The van der Waals surface area contributed by atoms with E-state index in [0.29, 0.717) is 22.9 Å². The van der Waals surface area contributed by atoms with E-state index in [2.05, 4.69) is 25.0 Å². The number of sulfonamides is 1. The summed E-state index contributed by atoms with van der Waals surface area (Å²) in [5, 5.41) is 3.50. The number of carbonyl (C=O) groups is 1. The van der Waals surface area contributed by atoms with E-state index in [9.17, 15) is 13.2 Å². The second-order valence-electron chi connectivity index (χ2n) is 8.27. The van der Waals surface area contributed by atoms with Crippen LogP contribution in [0.4, 0.5) is 16.4 Å². The highest BCUT2D eigenvalue weighted by Crippen LogP contribution is 2.38. The Hall–Kier alpha value is -5.17. The van der Waals surface area contributed by atoms with Gasteiger partial charge in [0, 0.05) is 12.3 Å². The summed E-state index contributed by atoms with van der Waals surface area (Å²) in [7, 11) is -2.51. The van der Waals surface area contributed by atoms with Crippen LogP contribution in [0.2, 0.25) is 0 Å². The minimum atomic E-state index is -4.02. The average molecular weight is 578 g/mol. The lowest BCUT2D eigenvalue weighted by molar-refractivity contribution is 0.135. The van der Waals surface area contributed by atoms with Crippen molar-refractivity contribution in [3.8, 4) is 23.1 Å². The number of rotatable bonds is 12. The molecule has 2 heterocycles. The van der Waals surface area contributed by atoms with E-state index < -0.39 is 16.1 Å². The summed E-state index contributed by atoms with van der Waals surface area (Å²) in [5.41, 5.74) is 1.42. The summed E-state index contributed by atoms with van der Waals surface area (Å²) in [6, 6.07) is 19.2. The maximum atomic E-state index is 12.9. The molecule has 212 valence electrons. The van der Waals surface area contributed by atoms with Crippen LogP contribution in [0.5, 0.6) is 23.1 Å². The van der Waals surface area contributed by atoms with Crippen LogP contribution in [-0.4, -0.2) is 49.8 Å². The highest BCUT2D eigenvalue weighted by atomic mass is 32.2. The third kappa shape index (κ3) is 8.66. The molecule has 2 aromatic carbocycles. The first kappa shape index (κ1) is 28.8. The summed E-state index contributed by atoms with van der Waals surface area (Å²) < 4.78 is 50.4. The molecule has 0 fully saturated rings. The molecule has 2 aromatic heterocycles. The molecule has 0 bridgehead atoms. The number of benzene rings is 2. The van der Waals surface area contributed by atoms with Gasteiger partial charge in [-0.05, 0) is 42.3 Å². The SMILES string of the molecule is COc1ccc(C)c(Oc2c(NS(=O)(=O)/C=C/c3ccccc3)ncnc2OCCOC(=O)Nc2ccccn2)c1. The van der Waals surface area contributed by atoms with Crippen LogP contribution < -0.4 is 24.2 Å². The van der Waals surface area contributed by atoms with E-state index in [4.69, 9.17) is 18.9 Å². The van der Waals surface area contributed by atoms with Gasteiger partial charge in [0.1, 0.15) is 36.9 Å². The Bertz CT molecular complexity index is 1600. The Morgan fingerprint density at radius 1 is 0.976 bits per heavy atom.